The molecule has 1 aliphatic heterocycles. The van der Waals surface area contributed by atoms with Crippen molar-refractivity contribution in [3.8, 4) is 0 Å². The fourth-order valence-electron chi connectivity index (χ4n) is 6.24. The highest BCUT2D eigenvalue weighted by molar-refractivity contribution is 7.81. The number of nitrogens with zero attached hydrogens (tertiary/aromatic N) is 3. The number of amidine groups is 1. The predicted molar refractivity (Wildman–Crippen MR) is 211 cm³/mol. The summed E-state index contributed by atoms with van der Waals surface area (Å²) < 4.78 is 0. The van der Waals surface area contributed by atoms with Gasteiger partial charge in [0, 0.05) is 16.8 Å². The second-order valence-corrected chi connectivity index (χ2v) is 14.7. The van der Waals surface area contributed by atoms with E-state index >= 15 is 0 Å². The van der Waals surface area contributed by atoms with Crippen molar-refractivity contribution in [1.29, 1.82) is 0 Å². The van der Waals surface area contributed by atoms with Crippen molar-refractivity contribution in [3.05, 3.63) is 56.5 Å². The Labute approximate surface area is 325 Å². The van der Waals surface area contributed by atoms with Gasteiger partial charge in [0.05, 0.1) is 21.2 Å². The quantitative estimate of drug-likeness (QED) is 0.0712. The molecule has 0 bridgehead atoms. The first-order valence-electron chi connectivity index (χ1n) is 17.8. The summed E-state index contributed by atoms with van der Waals surface area (Å²) in [7, 11) is 0. The smallest absolute Gasteiger partial charge is 0.335 e. The Morgan fingerprint density at radius 1 is 0.808 bits per heavy atom. The van der Waals surface area contributed by atoms with E-state index in [-0.39, 0.29) is 43.4 Å². The number of carboxylic acid groups (broad SMARTS) is 2. The van der Waals surface area contributed by atoms with Gasteiger partial charge in [-0.3, -0.25) is 9.59 Å². The molecular weight excluding hydrogens is 751 g/mol. The van der Waals surface area contributed by atoms with E-state index in [2.05, 4.69) is 17.3 Å². The van der Waals surface area contributed by atoms with E-state index in [9.17, 15) is 34.5 Å². The number of nitrogens with one attached hydrogen (secondary N) is 1. The highest BCUT2D eigenvalue weighted by Crippen LogP contribution is 2.39. The number of anilines is 2. The molecule has 1 heterocycles. The van der Waals surface area contributed by atoms with E-state index in [1.807, 2.05) is 0 Å². The minimum absolute atomic E-state index is 0.0262. The number of carboxylic acids is 2. The van der Waals surface area contributed by atoms with Crippen LogP contribution in [0.25, 0.3) is 0 Å². The first-order valence-corrected chi connectivity index (χ1v) is 19.3. The van der Waals surface area contributed by atoms with E-state index in [1.165, 1.54) is 69.9 Å². The van der Waals surface area contributed by atoms with Crippen molar-refractivity contribution < 1.29 is 34.5 Å². The van der Waals surface area contributed by atoms with Crippen molar-refractivity contribution in [2.45, 2.75) is 122 Å². The Hall–Kier alpha value is -3.45. The normalized spacial score (nSPS) is 14.6. The molecule has 2 unspecified atom stereocenters. The number of carbonyl (C=O) groups is 4. The van der Waals surface area contributed by atoms with Crippen LogP contribution in [0.15, 0.2) is 35.4 Å². The molecule has 15 heteroatoms. The summed E-state index contributed by atoms with van der Waals surface area (Å²) in [6, 6.07) is 3.85. The molecule has 52 heavy (non-hydrogen) atoms. The summed E-state index contributed by atoms with van der Waals surface area (Å²) in [6.45, 7) is 3.95. The minimum atomic E-state index is -1.52. The third-order valence-corrected chi connectivity index (χ3v) is 9.92. The molecule has 0 saturated carbocycles. The van der Waals surface area contributed by atoms with Crippen LogP contribution in [0.1, 0.15) is 131 Å². The lowest BCUT2D eigenvalue weighted by Crippen LogP contribution is -2.56. The van der Waals surface area contributed by atoms with Gasteiger partial charge in [0.25, 0.3) is 5.91 Å². The molecule has 1 aliphatic rings. The number of aromatic carboxylic acids is 2. The monoisotopic (exact) mass is 796 g/mol. The fourth-order valence-corrected chi connectivity index (χ4v) is 7.32. The van der Waals surface area contributed by atoms with Crippen LogP contribution in [0.5, 0.6) is 0 Å². The van der Waals surface area contributed by atoms with Crippen molar-refractivity contribution >= 4 is 93.0 Å². The molecule has 0 spiro atoms. The van der Waals surface area contributed by atoms with E-state index in [1.54, 1.807) is 6.92 Å². The zero-order chi connectivity index (χ0) is 38.4. The number of rotatable bonds is 21. The summed E-state index contributed by atoms with van der Waals surface area (Å²) in [5, 5.41) is 36.7. The average Bonchev–Trinajstić information content (AvgIpc) is 3.38. The van der Waals surface area contributed by atoms with Gasteiger partial charge >= 0.3 is 17.8 Å². The third kappa shape index (κ3) is 12.3. The minimum Gasteiger partial charge on any atom is -0.495 e. The maximum Gasteiger partial charge on any atom is 0.335 e. The molecule has 0 radical (unpaired) electrons. The van der Waals surface area contributed by atoms with Crippen molar-refractivity contribution in [1.82, 2.24) is 4.90 Å². The number of aliphatic hydroxyl groups is 1. The van der Waals surface area contributed by atoms with Crippen LogP contribution < -0.4 is 10.3 Å². The molecule has 2 aromatic carbocycles. The Morgan fingerprint density at radius 3 is 1.71 bits per heavy atom. The Morgan fingerprint density at radius 2 is 1.27 bits per heavy atom. The number of hydrazone groups is 1. The van der Waals surface area contributed by atoms with Gasteiger partial charge in [-0.15, -0.1) is 5.10 Å². The lowest BCUT2D eigenvalue weighted by molar-refractivity contribution is -0.134. The van der Waals surface area contributed by atoms with Gasteiger partial charge < -0.3 is 25.5 Å². The molecule has 3 rings (SSSR count). The van der Waals surface area contributed by atoms with Crippen molar-refractivity contribution in [2.75, 3.05) is 10.3 Å². The number of benzene rings is 2. The summed E-state index contributed by atoms with van der Waals surface area (Å²) in [4.78, 5) is 52.5. The predicted octanol–water partition coefficient (Wildman–Crippen LogP) is 10.2. The average molecular weight is 798 g/mol. The molecular formula is C37H47Cl3N4O7S. The van der Waals surface area contributed by atoms with Gasteiger partial charge in [-0.25, -0.2) is 9.59 Å². The Bertz CT molecular complexity index is 1580. The van der Waals surface area contributed by atoms with Gasteiger partial charge in [-0.05, 0) is 55.9 Å². The highest BCUT2D eigenvalue weighted by Gasteiger charge is 2.46. The molecule has 2 amide bonds. The number of halogens is 3. The summed E-state index contributed by atoms with van der Waals surface area (Å²) in [5.74, 6) is -4.76. The number of thiocarbonyl (C=S) groups is 1. The topological polar surface area (TPSA) is 160 Å². The van der Waals surface area contributed by atoms with E-state index in [0.717, 1.165) is 60.2 Å². The third-order valence-electron chi connectivity index (χ3n) is 8.95. The summed E-state index contributed by atoms with van der Waals surface area (Å²) >= 11 is 23.9. The van der Waals surface area contributed by atoms with Crippen LogP contribution in [0, 0.1) is 0 Å². The molecule has 0 saturated heterocycles. The Kier molecular flexibility index (Phi) is 17.6. The zero-order valence-electron chi connectivity index (χ0n) is 29.5. The summed E-state index contributed by atoms with van der Waals surface area (Å²) in [6.07, 6.45) is 17.0. The van der Waals surface area contributed by atoms with E-state index in [4.69, 9.17) is 47.0 Å². The number of hydrogen-bond acceptors (Lipinski definition) is 7. The molecule has 0 aromatic heterocycles. The van der Waals surface area contributed by atoms with Gasteiger partial charge in [0.15, 0.2) is 11.9 Å². The highest BCUT2D eigenvalue weighted by atomic mass is 35.5. The van der Waals surface area contributed by atoms with Crippen LogP contribution >= 0.6 is 47.0 Å². The lowest BCUT2D eigenvalue weighted by Gasteiger charge is -2.33. The number of carbonyl (C=O) groups excluding carboxylic acids is 2. The first-order chi connectivity index (χ1) is 24.8. The van der Waals surface area contributed by atoms with Crippen LogP contribution in [-0.4, -0.2) is 66.9 Å². The van der Waals surface area contributed by atoms with Crippen LogP contribution in [0.3, 0.4) is 0 Å². The fraction of sp³-hybridized carbons (Fsp3) is 0.514. The Balaban J connectivity index is 1.79. The largest absolute Gasteiger partial charge is 0.495 e. The van der Waals surface area contributed by atoms with E-state index in [0.29, 0.717) is 6.42 Å². The molecule has 4 N–H and O–H groups in total. The molecule has 11 nitrogen and oxygen atoms in total. The van der Waals surface area contributed by atoms with Crippen molar-refractivity contribution in [2.24, 2.45) is 5.10 Å². The van der Waals surface area contributed by atoms with Crippen LogP contribution in [0.2, 0.25) is 15.1 Å². The number of hydrogen-bond donors (Lipinski definition) is 4. The second-order valence-electron chi connectivity index (χ2n) is 13.0. The molecule has 284 valence electrons. The van der Waals surface area contributed by atoms with Gasteiger partial charge in [-0.2, -0.15) is 5.01 Å². The second kappa shape index (κ2) is 21.3. The standard InChI is InChI=1S/C37H47Cl3N4O7S/c1-3-4-5-6-7-8-9-10-11-12-13-14-15-16-17-23(2)43(34(46)37(51)52)31-32(41-27-19-24(35(47)48)18-25(20-27)36(49)50)42-44(33(31)45)30-28(39)21-26(38)22-29(30)40/h18-23,31H,3-17H2,1-2H3,(H,41,42)(H,47,48)(H,49,50)(H,51,52). The summed E-state index contributed by atoms with van der Waals surface area (Å²) in [5.41, 5.74) is -0.772. The zero-order valence-corrected chi connectivity index (χ0v) is 32.6. The molecule has 0 fully saturated rings. The van der Waals surface area contributed by atoms with Crippen LogP contribution in [-0.2, 0) is 9.59 Å². The maximum absolute atomic E-state index is 14.2. The SMILES string of the molecule is CCCCCCCCCCCCCCCCC(C)N(C(=O)C(O)=S)C1C(=O)N(c2c(Cl)cc(Cl)cc2Cl)N=C1Nc1cc(C(=O)O)cc(C(=O)O)c1. The number of unbranched alkanes of at least 4 members (excludes halogenated alkanes) is 13. The van der Waals surface area contributed by atoms with Gasteiger partial charge in [-0.1, -0.05) is 132 Å². The van der Waals surface area contributed by atoms with Crippen LogP contribution in [0.4, 0.5) is 11.4 Å². The molecule has 0 aliphatic carbocycles. The van der Waals surface area contributed by atoms with Gasteiger partial charge in [0.2, 0.25) is 5.05 Å². The number of aliphatic hydroxyl groups excluding tert-OH is 1. The van der Waals surface area contributed by atoms with Gasteiger partial charge in [0.1, 0.15) is 5.69 Å². The lowest BCUT2D eigenvalue weighted by atomic mass is 10.0. The number of amides is 2. The first kappa shape index (κ1) is 43.0. The molecule has 2 aromatic rings. The maximum atomic E-state index is 14.2. The van der Waals surface area contributed by atoms with E-state index < -0.39 is 40.9 Å². The van der Waals surface area contributed by atoms with Crippen molar-refractivity contribution in [3.63, 3.8) is 0 Å². The molecule has 2 atom stereocenters.